The number of hydrogen-bond acceptors (Lipinski definition) is 3. The molecule has 2 saturated carbocycles. The molecule has 2 aliphatic carbocycles. The fraction of sp³-hybridized carbons (Fsp3) is 0.500. The minimum atomic E-state index is -0.219. The Balaban J connectivity index is 1.34. The number of ketones is 1. The molecule has 4 nitrogen and oxygen atoms in total. The molecule has 1 aromatic heterocycles. The first-order valence-corrected chi connectivity index (χ1v) is 10.4. The summed E-state index contributed by atoms with van der Waals surface area (Å²) in [5.74, 6) is 1.65. The van der Waals surface area contributed by atoms with Crippen molar-refractivity contribution in [3.63, 3.8) is 0 Å². The van der Waals surface area contributed by atoms with Crippen molar-refractivity contribution in [1.82, 2.24) is 4.57 Å². The Hall–Kier alpha value is -2.36. The highest BCUT2D eigenvalue weighted by Gasteiger charge is 2.40. The third-order valence-electron chi connectivity index (χ3n) is 6.74. The fourth-order valence-corrected chi connectivity index (χ4v) is 5.22. The average Bonchev–Trinajstić information content (AvgIpc) is 3.38. The predicted molar refractivity (Wildman–Crippen MR) is 108 cm³/mol. The Labute approximate surface area is 166 Å². The topological polar surface area (TPSA) is 48.3 Å². The van der Waals surface area contributed by atoms with Crippen LogP contribution in [0.25, 0.3) is 0 Å². The van der Waals surface area contributed by atoms with Crippen molar-refractivity contribution in [3.8, 4) is 0 Å². The SMILES string of the molecule is Cc1cc(C(=O)COC(=O)C[C@H]2C[C@H]3CC[C@@H]2C3)c(C)n1Cc1ccccc1. The molecule has 3 atom stereocenters. The summed E-state index contributed by atoms with van der Waals surface area (Å²) in [6.45, 7) is 4.54. The second-order valence-electron chi connectivity index (χ2n) is 8.58. The van der Waals surface area contributed by atoms with E-state index in [1.165, 1.54) is 24.8 Å². The highest BCUT2D eigenvalue weighted by Crippen LogP contribution is 2.49. The second kappa shape index (κ2) is 7.94. The molecule has 2 aliphatic rings. The largest absolute Gasteiger partial charge is 0.457 e. The summed E-state index contributed by atoms with van der Waals surface area (Å²) in [6, 6.07) is 12.1. The minimum Gasteiger partial charge on any atom is -0.457 e. The van der Waals surface area contributed by atoms with Gasteiger partial charge in [0, 0.05) is 29.9 Å². The molecule has 1 heterocycles. The summed E-state index contributed by atoms with van der Waals surface area (Å²) in [7, 11) is 0. The number of fused-ring (bicyclic) bond motifs is 2. The van der Waals surface area contributed by atoms with Crippen molar-refractivity contribution in [2.75, 3.05) is 6.61 Å². The third kappa shape index (κ3) is 3.91. The maximum absolute atomic E-state index is 12.7. The molecule has 148 valence electrons. The van der Waals surface area contributed by atoms with Crippen molar-refractivity contribution in [3.05, 3.63) is 58.9 Å². The van der Waals surface area contributed by atoms with Crippen LogP contribution in [0.1, 0.15) is 59.4 Å². The Morgan fingerprint density at radius 2 is 1.89 bits per heavy atom. The lowest BCUT2D eigenvalue weighted by Gasteiger charge is -2.20. The van der Waals surface area contributed by atoms with E-state index in [0.29, 0.717) is 23.8 Å². The fourth-order valence-electron chi connectivity index (χ4n) is 5.22. The molecule has 0 radical (unpaired) electrons. The number of rotatable bonds is 7. The lowest BCUT2D eigenvalue weighted by molar-refractivity contribution is -0.144. The van der Waals surface area contributed by atoms with Crippen LogP contribution >= 0.6 is 0 Å². The van der Waals surface area contributed by atoms with Gasteiger partial charge in [0.15, 0.2) is 6.61 Å². The van der Waals surface area contributed by atoms with Gasteiger partial charge in [0.05, 0.1) is 0 Å². The molecule has 4 heteroatoms. The van der Waals surface area contributed by atoms with Gasteiger partial charge in [-0.1, -0.05) is 36.8 Å². The Morgan fingerprint density at radius 3 is 2.57 bits per heavy atom. The van der Waals surface area contributed by atoms with Crippen LogP contribution in [0.5, 0.6) is 0 Å². The normalized spacial score (nSPS) is 23.1. The van der Waals surface area contributed by atoms with E-state index < -0.39 is 0 Å². The first-order valence-electron chi connectivity index (χ1n) is 10.4. The summed E-state index contributed by atoms with van der Waals surface area (Å²) in [5, 5.41) is 0. The van der Waals surface area contributed by atoms with Crippen LogP contribution in [0.4, 0.5) is 0 Å². The van der Waals surface area contributed by atoms with Crippen LogP contribution in [0, 0.1) is 31.6 Å². The number of Topliss-reactive ketones (excluding diaryl/α,β-unsaturated/α-hetero) is 1. The Kier molecular flexibility index (Phi) is 5.38. The van der Waals surface area contributed by atoms with E-state index in [1.807, 2.05) is 38.1 Å². The van der Waals surface area contributed by atoms with Gasteiger partial charge in [-0.25, -0.2) is 0 Å². The van der Waals surface area contributed by atoms with Crippen molar-refractivity contribution >= 4 is 11.8 Å². The van der Waals surface area contributed by atoms with Gasteiger partial charge in [-0.2, -0.15) is 0 Å². The number of aromatic nitrogens is 1. The molecule has 0 N–H and O–H groups in total. The van der Waals surface area contributed by atoms with Gasteiger partial charge in [0.25, 0.3) is 0 Å². The zero-order valence-electron chi connectivity index (χ0n) is 16.8. The van der Waals surface area contributed by atoms with Crippen LogP contribution in [-0.2, 0) is 16.1 Å². The third-order valence-corrected chi connectivity index (χ3v) is 6.74. The predicted octanol–water partition coefficient (Wildman–Crippen LogP) is 4.71. The van der Waals surface area contributed by atoms with Crippen molar-refractivity contribution in [2.45, 2.75) is 52.5 Å². The minimum absolute atomic E-state index is 0.117. The summed E-state index contributed by atoms with van der Waals surface area (Å²) in [5.41, 5.74) is 3.82. The van der Waals surface area contributed by atoms with Crippen LogP contribution in [0.15, 0.2) is 36.4 Å². The molecule has 2 fully saturated rings. The summed E-state index contributed by atoms with van der Waals surface area (Å²) in [4.78, 5) is 24.9. The molecule has 4 rings (SSSR count). The highest BCUT2D eigenvalue weighted by molar-refractivity contribution is 5.99. The Bertz CT molecular complexity index is 867. The maximum atomic E-state index is 12.7. The molecular weight excluding hydrogens is 350 g/mol. The monoisotopic (exact) mass is 379 g/mol. The van der Waals surface area contributed by atoms with Crippen molar-refractivity contribution in [1.29, 1.82) is 0 Å². The zero-order chi connectivity index (χ0) is 19.7. The van der Waals surface area contributed by atoms with E-state index >= 15 is 0 Å². The van der Waals surface area contributed by atoms with Gasteiger partial charge in [-0.05, 0) is 62.5 Å². The molecule has 2 aromatic rings. The number of hydrogen-bond donors (Lipinski definition) is 0. The second-order valence-corrected chi connectivity index (χ2v) is 8.58. The zero-order valence-corrected chi connectivity index (χ0v) is 16.8. The van der Waals surface area contributed by atoms with E-state index in [-0.39, 0.29) is 18.4 Å². The van der Waals surface area contributed by atoms with E-state index in [0.717, 1.165) is 30.3 Å². The van der Waals surface area contributed by atoms with Gasteiger partial charge in [0.1, 0.15) is 0 Å². The molecule has 28 heavy (non-hydrogen) atoms. The number of nitrogens with zero attached hydrogens (tertiary/aromatic N) is 1. The smallest absolute Gasteiger partial charge is 0.306 e. The number of aryl methyl sites for hydroxylation is 1. The number of esters is 1. The van der Waals surface area contributed by atoms with E-state index in [4.69, 9.17) is 4.74 Å². The van der Waals surface area contributed by atoms with Crippen LogP contribution in [-0.4, -0.2) is 22.9 Å². The van der Waals surface area contributed by atoms with Gasteiger partial charge < -0.3 is 9.30 Å². The molecule has 2 bridgehead atoms. The lowest BCUT2D eigenvalue weighted by Crippen LogP contribution is -2.20. The molecule has 0 aliphatic heterocycles. The van der Waals surface area contributed by atoms with Crippen LogP contribution < -0.4 is 0 Å². The molecular formula is C24H29NO3. The van der Waals surface area contributed by atoms with Gasteiger partial charge in [-0.15, -0.1) is 0 Å². The van der Waals surface area contributed by atoms with Crippen molar-refractivity contribution in [2.24, 2.45) is 17.8 Å². The molecule has 0 spiro atoms. The summed E-state index contributed by atoms with van der Waals surface area (Å²) < 4.78 is 7.49. The standard InChI is InChI=1S/C24H29NO3/c1-16-10-22(17(2)25(16)14-18-6-4-3-5-7-18)23(26)15-28-24(27)13-21-12-19-8-9-20(21)11-19/h3-7,10,19-21H,8-9,11-15H2,1-2H3/t19-,20+,21+/m0/s1. The molecule has 0 unspecified atom stereocenters. The van der Waals surface area contributed by atoms with E-state index in [9.17, 15) is 9.59 Å². The number of benzene rings is 1. The van der Waals surface area contributed by atoms with Crippen LogP contribution in [0.2, 0.25) is 0 Å². The van der Waals surface area contributed by atoms with Gasteiger partial charge in [-0.3, -0.25) is 9.59 Å². The van der Waals surface area contributed by atoms with Crippen LogP contribution in [0.3, 0.4) is 0 Å². The van der Waals surface area contributed by atoms with Gasteiger partial charge in [0.2, 0.25) is 5.78 Å². The number of carbonyl (C=O) groups is 2. The van der Waals surface area contributed by atoms with Crippen molar-refractivity contribution < 1.29 is 14.3 Å². The lowest BCUT2D eigenvalue weighted by atomic mass is 9.86. The number of carbonyl (C=O) groups excluding carboxylic acids is 2. The Morgan fingerprint density at radius 1 is 1.11 bits per heavy atom. The quantitative estimate of drug-likeness (QED) is 0.517. The van der Waals surface area contributed by atoms with Gasteiger partial charge >= 0.3 is 5.97 Å². The molecule has 0 saturated heterocycles. The summed E-state index contributed by atoms with van der Waals surface area (Å²) >= 11 is 0. The maximum Gasteiger partial charge on any atom is 0.306 e. The molecule has 1 aromatic carbocycles. The summed E-state index contributed by atoms with van der Waals surface area (Å²) in [6.07, 6.45) is 5.50. The first kappa shape index (κ1) is 19.0. The first-order chi connectivity index (χ1) is 13.5. The average molecular weight is 380 g/mol. The molecule has 0 amide bonds. The van der Waals surface area contributed by atoms with E-state index in [2.05, 4.69) is 16.7 Å². The highest BCUT2D eigenvalue weighted by atomic mass is 16.5. The number of ether oxygens (including phenoxy) is 1. The van der Waals surface area contributed by atoms with E-state index in [1.54, 1.807) is 0 Å².